The largest absolute Gasteiger partial charge is 0.461 e. The summed E-state index contributed by atoms with van der Waals surface area (Å²) >= 11 is 0. The Balaban J connectivity index is 2.20. The summed E-state index contributed by atoms with van der Waals surface area (Å²) in [6, 6.07) is 0. The van der Waals surface area contributed by atoms with E-state index in [1.807, 2.05) is 6.92 Å². The van der Waals surface area contributed by atoms with E-state index < -0.39 is 30.3 Å². The van der Waals surface area contributed by atoms with Gasteiger partial charge in [0.25, 0.3) is 6.29 Å². The van der Waals surface area contributed by atoms with Gasteiger partial charge in [-0.1, -0.05) is 5.16 Å². The van der Waals surface area contributed by atoms with Gasteiger partial charge in [0.05, 0.1) is 6.61 Å². The Morgan fingerprint density at radius 3 is 2.68 bits per heavy atom. The molecule has 0 aromatic rings. The van der Waals surface area contributed by atoms with E-state index in [2.05, 4.69) is 5.16 Å². The van der Waals surface area contributed by atoms with Crippen molar-refractivity contribution in [3.8, 4) is 0 Å². The molecule has 0 unspecified atom stereocenters. The second-order valence-corrected chi connectivity index (χ2v) is 4.65. The fraction of sp³-hybridized carbons (Fsp3) is 0.833. The highest BCUT2D eigenvalue weighted by Gasteiger charge is 2.53. The Morgan fingerprint density at radius 2 is 2.05 bits per heavy atom. The first-order valence-electron chi connectivity index (χ1n) is 6.36. The van der Waals surface area contributed by atoms with Gasteiger partial charge in [-0.15, -0.1) is 0 Å². The van der Waals surface area contributed by atoms with Crippen molar-refractivity contribution in [1.82, 2.24) is 0 Å². The third-order valence-corrected chi connectivity index (χ3v) is 2.74. The lowest BCUT2D eigenvalue weighted by molar-refractivity contribution is -0.221. The minimum absolute atomic E-state index is 0.0772. The summed E-state index contributed by atoms with van der Waals surface area (Å²) in [4.78, 5) is 17.0. The summed E-state index contributed by atoms with van der Waals surface area (Å²) in [5.41, 5.74) is 0.0772. The summed E-state index contributed by atoms with van der Waals surface area (Å²) in [6.45, 7) is 7.78. The molecule has 3 atom stereocenters. The normalized spacial score (nSPS) is 32.2. The summed E-state index contributed by atoms with van der Waals surface area (Å²) in [6.07, 6.45) is -1.86. The topological polar surface area (TPSA) is 75.6 Å². The third kappa shape index (κ3) is 2.88. The van der Waals surface area contributed by atoms with Gasteiger partial charge in [-0.05, 0) is 27.7 Å². The highest BCUT2D eigenvalue weighted by Crippen LogP contribution is 2.34. The van der Waals surface area contributed by atoms with Gasteiger partial charge in [-0.3, -0.25) is 0 Å². The Labute approximate surface area is 111 Å². The molecule has 108 valence electrons. The predicted octanol–water partition coefficient (Wildman–Crippen LogP) is 0.818. The molecule has 1 saturated heterocycles. The van der Waals surface area contributed by atoms with Crippen LogP contribution in [0.5, 0.6) is 0 Å². The molecule has 2 heterocycles. The SMILES string of the molecule is CCOC(=O)C1=NO[C@H](OCC)[C@H]2OC(C)(C)O[C@@H]12. The molecule has 0 radical (unpaired) electrons. The maximum Gasteiger partial charge on any atom is 0.359 e. The lowest BCUT2D eigenvalue weighted by Gasteiger charge is -2.28. The monoisotopic (exact) mass is 273 g/mol. The van der Waals surface area contributed by atoms with Crippen molar-refractivity contribution in [2.24, 2.45) is 5.16 Å². The first-order valence-corrected chi connectivity index (χ1v) is 6.36. The van der Waals surface area contributed by atoms with Crippen molar-refractivity contribution >= 4 is 11.7 Å². The van der Waals surface area contributed by atoms with E-state index in [0.29, 0.717) is 6.61 Å². The van der Waals surface area contributed by atoms with E-state index in [9.17, 15) is 4.79 Å². The molecule has 0 aromatic carbocycles. The van der Waals surface area contributed by atoms with Gasteiger partial charge in [0, 0.05) is 6.61 Å². The van der Waals surface area contributed by atoms with E-state index in [4.69, 9.17) is 23.8 Å². The smallest absolute Gasteiger partial charge is 0.359 e. The van der Waals surface area contributed by atoms with Crippen LogP contribution in [-0.4, -0.2) is 49.2 Å². The number of esters is 1. The molecule has 1 fully saturated rings. The molecular weight excluding hydrogens is 254 g/mol. The van der Waals surface area contributed by atoms with Crippen LogP contribution in [0.3, 0.4) is 0 Å². The number of carbonyl (C=O) groups excluding carboxylic acids is 1. The number of hydrogen-bond donors (Lipinski definition) is 0. The van der Waals surface area contributed by atoms with Crippen LogP contribution in [0.1, 0.15) is 27.7 Å². The quantitative estimate of drug-likeness (QED) is 0.706. The molecule has 7 heteroatoms. The van der Waals surface area contributed by atoms with E-state index in [1.54, 1.807) is 20.8 Å². The molecule has 7 nitrogen and oxygen atoms in total. The second-order valence-electron chi connectivity index (χ2n) is 4.65. The number of oxime groups is 1. The first-order chi connectivity index (χ1) is 8.98. The van der Waals surface area contributed by atoms with E-state index in [0.717, 1.165) is 0 Å². The zero-order valence-electron chi connectivity index (χ0n) is 11.5. The number of carbonyl (C=O) groups is 1. The van der Waals surface area contributed by atoms with Crippen molar-refractivity contribution < 1.29 is 28.6 Å². The minimum Gasteiger partial charge on any atom is -0.461 e. The maximum absolute atomic E-state index is 11.8. The van der Waals surface area contributed by atoms with Crippen molar-refractivity contribution in [1.29, 1.82) is 0 Å². The van der Waals surface area contributed by atoms with E-state index >= 15 is 0 Å². The molecule has 2 aliphatic rings. The average Bonchev–Trinajstić information content (AvgIpc) is 2.65. The van der Waals surface area contributed by atoms with Gasteiger partial charge >= 0.3 is 5.97 Å². The molecule has 0 aliphatic carbocycles. The molecule has 0 spiro atoms. The van der Waals surface area contributed by atoms with Gasteiger partial charge in [0.15, 0.2) is 17.6 Å². The molecule has 2 aliphatic heterocycles. The zero-order chi connectivity index (χ0) is 14.0. The highest BCUT2D eigenvalue weighted by molar-refractivity contribution is 6.38. The summed E-state index contributed by atoms with van der Waals surface area (Å²) in [5.74, 6) is -1.39. The van der Waals surface area contributed by atoms with Crippen LogP contribution in [0.15, 0.2) is 5.16 Å². The van der Waals surface area contributed by atoms with Crippen LogP contribution in [0.25, 0.3) is 0 Å². The minimum atomic E-state index is -0.828. The number of hydrogen-bond acceptors (Lipinski definition) is 7. The van der Waals surface area contributed by atoms with Crippen LogP contribution in [0, 0.1) is 0 Å². The molecule has 0 N–H and O–H groups in total. The molecule has 2 rings (SSSR count). The van der Waals surface area contributed by atoms with Crippen LogP contribution < -0.4 is 0 Å². The average molecular weight is 273 g/mol. The molecule has 19 heavy (non-hydrogen) atoms. The van der Waals surface area contributed by atoms with E-state index in [-0.39, 0.29) is 12.3 Å². The maximum atomic E-state index is 11.8. The number of fused-ring (bicyclic) bond motifs is 1. The molecule has 0 aromatic heterocycles. The van der Waals surface area contributed by atoms with Gasteiger partial charge in [-0.25, -0.2) is 4.79 Å². The van der Waals surface area contributed by atoms with Crippen LogP contribution in [0.4, 0.5) is 0 Å². The zero-order valence-corrected chi connectivity index (χ0v) is 11.5. The van der Waals surface area contributed by atoms with Gasteiger partial charge in [0.2, 0.25) is 0 Å². The van der Waals surface area contributed by atoms with Gasteiger partial charge < -0.3 is 23.8 Å². The lowest BCUT2D eigenvalue weighted by atomic mass is 10.1. The van der Waals surface area contributed by atoms with Crippen molar-refractivity contribution in [3.63, 3.8) is 0 Å². The van der Waals surface area contributed by atoms with Crippen LogP contribution in [0.2, 0.25) is 0 Å². The van der Waals surface area contributed by atoms with Crippen molar-refractivity contribution in [3.05, 3.63) is 0 Å². The van der Waals surface area contributed by atoms with Crippen LogP contribution >= 0.6 is 0 Å². The number of ether oxygens (including phenoxy) is 4. The third-order valence-electron chi connectivity index (χ3n) is 2.74. The Hall–Kier alpha value is -1.18. The summed E-state index contributed by atoms with van der Waals surface area (Å²) in [5, 5.41) is 3.77. The Bertz CT molecular complexity index is 380. The van der Waals surface area contributed by atoms with Crippen molar-refractivity contribution in [2.45, 2.75) is 52.0 Å². The highest BCUT2D eigenvalue weighted by atomic mass is 16.8. The number of rotatable bonds is 4. The van der Waals surface area contributed by atoms with E-state index in [1.165, 1.54) is 0 Å². The summed E-state index contributed by atoms with van der Waals surface area (Å²) in [7, 11) is 0. The Morgan fingerprint density at radius 1 is 1.32 bits per heavy atom. The number of nitrogens with zero attached hydrogens (tertiary/aromatic N) is 1. The van der Waals surface area contributed by atoms with Gasteiger partial charge in [0.1, 0.15) is 6.10 Å². The standard InChI is InChI=1S/C12H19NO6/c1-5-15-10(14)7-8-9(18-12(3,4)17-8)11(16-6-2)19-13-7/h8-9,11H,5-6H2,1-4H3/t8-,9-,11-/m0/s1. The molecular formula is C12H19NO6. The van der Waals surface area contributed by atoms with Gasteiger partial charge in [-0.2, -0.15) is 0 Å². The molecule has 0 bridgehead atoms. The molecule has 0 saturated carbocycles. The lowest BCUT2D eigenvalue weighted by Crippen LogP contribution is -2.48. The molecule has 0 amide bonds. The fourth-order valence-corrected chi connectivity index (χ4v) is 2.07. The van der Waals surface area contributed by atoms with Crippen LogP contribution in [-0.2, 0) is 28.6 Å². The predicted molar refractivity (Wildman–Crippen MR) is 64.4 cm³/mol. The first kappa shape index (κ1) is 14.2. The Kier molecular flexibility index (Phi) is 4.07. The van der Waals surface area contributed by atoms with Crippen molar-refractivity contribution in [2.75, 3.05) is 13.2 Å². The summed E-state index contributed by atoms with van der Waals surface area (Å²) < 4.78 is 21.7. The second kappa shape index (κ2) is 5.44. The fourth-order valence-electron chi connectivity index (χ4n) is 2.07.